The predicted molar refractivity (Wildman–Crippen MR) is 130 cm³/mol. The SMILES string of the molecule is COc1ccc(/C=C/C(=O)NCCCn2nc(C(F)(F)F)cc2C2CC2)cc1COc1ccccc1. The Morgan fingerprint density at radius 2 is 1.94 bits per heavy atom. The van der Waals surface area contributed by atoms with Crippen LogP contribution in [0.3, 0.4) is 0 Å². The zero-order valence-corrected chi connectivity index (χ0v) is 19.9. The van der Waals surface area contributed by atoms with Gasteiger partial charge in [-0.1, -0.05) is 24.3 Å². The molecule has 3 aromatic rings. The highest BCUT2D eigenvalue weighted by Crippen LogP contribution is 2.42. The zero-order chi connectivity index (χ0) is 25.5. The number of rotatable bonds is 11. The van der Waals surface area contributed by atoms with Crippen LogP contribution in [0.15, 0.2) is 60.7 Å². The van der Waals surface area contributed by atoms with Crippen molar-refractivity contribution in [3.05, 3.63) is 83.2 Å². The molecule has 190 valence electrons. The minimum Gasteiger partial charge on any atom is -0.496 e. The Labute approximate surface area is 207 Å². The van der Waals surface area contributed by atoms with Crippen molar-refractivity contribution in [1.29, 1.82) is 0 Å². The monoisotopic (exact) mass is 499 g/mol. The van der Waals surface area contributed by atoms with Gasteiger partial charge >= 0.3 is 6.18 Å². The number of ether oxygens (including phenoxy) is 2. The molecule has 1 amide bonds. The first-order valence-corrected chi connectivity index (χ1v) is 11.8. The van der Waals surface area contributed by atoms with Gasteiger partial charge < -0.3 is 14.8 Å². The van der Waals surface area contributed by atoms with E-state index >= 15 is 0 Å². The third kappa shape index (κ3) is 6.90. The first kappa shape index (κ1) is 25.3. The van der Waals surface area contributed by atoms with Gasteiger partial charge in [-0.3, -0.25) is 9.48 Å². The van der Waals surface area contributed by atoms with Crippen LogP contribution in [0, 0.1) is 0 Å². The Hall–Kier alpha value is -3.75. The van der Waals surface area contributed by atoms with Crippen LogP contribution in [-0.2, 0) is 24.1 Å². The van der Waals surface area contributed by atoms with Crippen molar-refractivity contribution in [3.8, 4) is 11.5 Å². The second-order valence-corrected chi connectivity index (χ2v) is 8.60. The summed E-state index contributed by atoms with van der Waals surface area (Å²) in [6.07, 6.45) is 0.903. The average molecular weight is 500 g/mol. The molecular formula is C27H28F3N3O3. The molecule has 1 N–H and O–H groups in total. The summed E-state index contributed by atoms with van der Waals surface area (Å²) in [6, 6.07) is 16.1. The highest BCUT2D eigenvalue weighted by Gasteiger charge is 2.37. The quantitative estimate of drug-likeness (QED) is 0.276. The summed E-state index contributed by atoms with van der Waals surface area (Å²) in [7, 11) is 1.59. The number of halogens is 3. The number of nitrogens with zero attached hydrogens (tertiary/aromatic N) is 2. The van der Waals surface area contributed by atoms with Gasteiger partial charge in [0, 0.05) is 36.3 Å². The molecule has 0 aliphatic heterocycles. The third-order valence-corrected chi connectivity index (χ3v) is 5.81. The van der Waals surface area contributed by atoms with Crippen LogP contribution in [-0.4, -0.2) is 29.3 Å². The Morgan fingerprint density at radius 3 is 2.64 bits per heavy atom. The second-order valence-electron chi connectivity index (χ2n) is 8.60. The fourth-order valence-corrected chi connectivity index (χ4v) is 3.82. The van der Waals surface area contributed by atoms with E-state index in [9.17, 15) is 18.0 Å². The average Bonchev–Trinajstić information content (AvgIpc) is 3.62. The van der Waals surface area contributed by atoms with Gasteiger partial charge in [-0.15, -0.1) is 0 Å². The van der Waals surface area contributed by atoms with Crippen molar-refractivity contribution in [1.82, 2.24) is 15.1 Å². The Bertz CT molecular complexity index is 1200. The maximum atomic E-state index is 13.0. The van der Waals surface area contributed by atoms with Crippen LogP contribution in [0.1, 0.15) is 47.7 Å². The molecule has 36 heavy (non-hydrogen) atoms. The topological polar surface area (TPSA) is 65.4 Å². The molecule has 1 aliphatic rings. The van der Waals surface area contributed by atoms with Crippen LogP contribution in [0.5, 0.6) is 11.5 Å². The van der Waals surface area contributed by atoms with Crippen molar-refractivity contribution in [2.75, 3.05) is 13.7 Å². The van der Waals surface area contributed by atoms with Crippen LogP contribution < -0.4 is 14.8 Å². The first-order valence-electron chi connectivity index (χ1n) is 11.8. The Morgan fingerprint density at radius 1 is 1.17 bits per heavy atom. The molecule has 0 saturated heterocycles. The molecule has 9 heteroatoms. The smallest absolute Gasteiger partial charge is 0.435 e. The number of para-hydroxylation sites is 1. The number of benzene rings is 2. The van der Waals surface area contributed by atoms with E-state index < -0.39 is 11.9 Å². The van der Waals surface area contributed by atoms with Crippen molar-refractivity contribution < 1.29 is 27.4 Å². The van der Waals surface area contributed by atoms with Gasteiger partial charge in [-0.2, -0.15) is 18.3 Å². The molecule has 0 unspecified atom stereocenters. The molecule has 0 spiro atoms. The first-order chi connectivity index (χ1) is 17.3. The van der Waals surface area contributed by atoms with Gasteiger partial charge in [0.25, 0.3) is 0 Å². The number of aromatic nitrogens is 2. The molecular weight excluding hydrogens is 471 g/mol. The molecule has 4 rings (SSSR count). The van der Waals surface area contributed by atoms with Gasteiger partial charge in [0.2, 0.25) is 5.91 Å². The van der Waals surface area contributed by atoms with Gasteiger partial charge in [0.05, 0.1) is 7.11 Å². The molecule has 6 nitrogen and oxygen atoms in total. The lowest BCUT2D eigenvalue weighted by molar-refractivity contribution is -0.141. The Kier molecular flexibility index (Phi) is 7.97. The number of aryl methyl sites for hydroxylation is 1. The molecule has 1 saturated carbocycles. The van der Waals surface area contributed by atoms with Crippen LogP contribution >= 0.6 is 0 Å². The van der Waals surface area contributed by atoms with E-state index in [-0.39, 0.29) is 11.8 Å². The van der Waals surface area contributed by atoms with E-state index in [1.807, 2.05) is 48.5 Å². The van der Waals surface area contributed by atoms with Crippen LogP contribution in [0.4, 0.5) is 13.2 Å². The molecule has 2 aromatic carbocycles. The summed E-state index contributed by atoms with van der Waals surface area (Å²) in [6.45, 7) is 0.954. The summed E-state index contributed by atoms with van der Waals surface area (Å²) in [4.78, 5) is 12.2. The number of methoxy groups -OCH3 is 1. The molecule has 1 aromatic heterocycles. The lowest BCUT2D eigenvalue weighted by Gasteiger charge is -2.11. The lowest BCUT2D eigenvalue weighted by Crippen LogP contribution is -2.23. The highest BCUT2D eigenvalue weighted by atomic mass is 19.4. The van der Waals surface area contributed by atoms with E-state index in [0.29, 0.717) is 37.6 Å². The summed E-state index contributed by atoms with van der Waals surface area (Å²) in [5.41, 5.74) is 1.42. The van der Waals surface area contributed by atoms with Crippen molar-refractivity contribution in [2.24, 2.45) is 0 Å². The van der Waals surface area contributed by atoms with Gasteiger partial charge in [0.1, 0.15) is 18.1 Å². The summed E-state index contributed by atoms with van der Waals surface area (Å²) in [5, 5.41) is 6.51. The maximum absolute atomic E-state index is 13.0. The normalized spacial score (nSPS) is 13.7. The summed E-state index contributed by atoms with van der Waals surface area (Å²) in [5.74, 6) is 1.30. The largest absolute Gasteiger partial charge is 0.496 e. The minimum atomic E-state index is -4.46. The highest BCUT2D eigenvalue weighted by molar-refractivity contribution is 5.91. The summed E-state index contributed by atoms with van der Waals surface area (Å²) >= 11 is 0. The number of hydrogen-bond acceptors (Lipinski definition) is 4. The van der Waals surface area contributed by atoms with E-state index in [4.69, 9.17) is 9.47 Å². The number of hydrogen-bond donors (Lipinski definition) is 1. The predicted octanol–water partition coefficient (Wildman–Crippen LogP) is 5.59. The fourth-order valence-electron chi connectivity index (χ4n) is 3.82. The van der Waals surface area contributed by atoms with Crippen LogP contribution in [0.2, 0.25) is 0 Å². The lowest BCUT2D eigenvalue weighted by atomic mass is 10.1. The van der Waals surface area contributed by atoms with Crippen molar-refractivity contribution in [2.45, 2.75) is 44.5 Å². The maximum Gasteiger partial charge on any atom is 0.435 e. The number of alkyl halides is 3. The molecule has 0 atom stereocenters. The van der Waals surface area contributed by atoms with E-state index in [0.717, 1.165) is 35.8 Å². The zero-order valence-electron chi connectivity index (χ0n) is 19.9. The summed E-state index contributed by atoms with van der Waals surface area (Å²) < 4.78 is 51.7. The van der Waals surface area contributed by atoms with Crippen molar-refractivity contribution >= 4 is 12.0 Å². The van der Waals surface area contributed by atoms with E-state index in [1.165, 1.54) is 10.8 Å². The van der Waals surface area contributed by atoms with Gasteiger partial charge in [-0.25, -0.2) is 0 Å². The van der Waals surface area contributed by atoms with Gasteiger partial charge in [0.15, 0.2) is 5.69 Å². The molecule has 1 fully saturated rings. The molecule has 0 radical (unpaired) electrons. The van der Waals surface area contributed by atoms with Crippen LogP contribution in [0.25, 0.3) is 6.08 Å². The van der Waals surface area contributed by atoms with E-state index in [2.05, 4.69) is 10.4 Å². The number of carbonyl (C=O) groups excluding carboxylic acids is 1. The number of amides is 1. The standard InChI is InChI=1S/C27H28F3N3O3/c1-35-24-12-8-19(16-21(24)18-36-22-6-3-2-4-7-22)9-13-26(34)31-14-5-15-33-23(20-10-11-20)17-25(32-33)27(28,29)30/h2-4,6-9,12-13,16-17,20H,5,10-11,14-15,18H2,1H3,(H,31,34)/b13-9+. The molecule has 0 bridgehead atoms. The molecule has 1 aliphatic carbocycles. The van der Waals surface area contributed by atoms with E-state index in [1.54, 1.807) is 13.2 Å². The third-order valence-electron chi connectivity index (χ3n) is 5.81. The second kappa shape index (κ2) is 11.3. The minimum absolute atomic E-state index is 0.151. The Balaban J connectivity index is 1.28. The number of carbonyl (C=O) groups is 1. The molecule has 1 heterocycles. The number of nitrogens with one attached hydrogen (secondary N) is 1. The van der Waals surface area contributed by atoms with Crippen molar-refractivity contribution in [3.63, 3.8) is 0 Å². The van der Waals surface area contributed by atoms with Gasteiger partial charge in [-0.05, 0) is 61.2 Å². The fraction of sp³-hybridized carbons (Fsp3) is 0.333.